The van der Waals surface area contributed by atoms with Crippen molar-refractivity contribution in [3.63, 3.8) is 0 Å². The van der Waals surface area contributed by atoms with E-state index in [4.69, 9.17) is 4.74 Å². The molecule has 0 radical (unpaired) electrons. The molecule has 1 amide bonds. The zero-order chi connectivity index (χ0) is 34.7. The summed E-state index contributed by atoms with van der Waals surface area (Å²) < 4.78 is 33.6. The predicted molar refractivity (Wildman–Crippen MR) is 191 cm³/mol. The topological polar surface area (TPSA) is 75.1 Å². The predicted octanol–water partition coefficient (Wildman–Crippen LogP) is 5.95. The molecule has 5 aliphatic rings. The molecule has 4 saturated heterocycles. The number of ether oxygens (including phenoxy) is 1. The molecule has 4 heterocycles. The van der Waals surface area contributed by atoms with E-state index in [9.17, 15) is 14.4 Å². The van der Waals surface area contributed by atoms with Gasteiger partial charge in [0.1, 0.15) is 12.0 Å². The number of methoxy groups -OCH3 is 1. The Morgan fingerprint density at radius 2 is 1.72 bits per heavy atom. The lowest BCUT2D eigenvalue weighted by molar-refractivity contribution is 0.0338. The first-order valence-electron chi connectivity index (χ1n) is 19.0. The average molecular weight is 689 g/mol. The van der Waals surface area contributed by atoms with Crippen LogP contribution in [0.4, 0.5) is 19.3 Å². The Labute approximate surface area is 296 Å². The van der Waals surface area contributed by atoms with Gasteiger partial charge in [-0.3, -0.25) is 4.90 Å². The minimum absolute atomic E-state index is 0.00348. The van der Waals surface area contributed by atoms with Crippen molar-refractivity contribution >= 4 is 11.8 Å². The first kappa shape index (κ1) is 35.2. The van der Waals surface area contributed by atoms with Crippen LogP contribution in [0.25, 0.3) is 0 Å². The van der Waals surface area contributed by atoms with Gasteiger partial charge in [-0.05, 0) is 118 Å². The van der Waals surface area contributed by atoms with Crippen molar-refractivity contribution < 1.29 is 18.3 Å². The van der Waals surface area contributed by atoms with E-state index in [1.165, 1.54) is 26.4 Å². The molecule has 8 nitrogen and oxygen atoms in total. The molecular weight excluding hydrogens is 634 g/mol. The van der Waals surface area contributed by atoms with Crippen molar-refractivity contribution in [3.05, 3.63) is 65.0 Å². The average Bonchev–Trinajstić information content (AvgIpc) is 3.57. The minimum atomic E-state index is -0.749. The van der Waals surface area contributed by atoms with Crippen LogP contribution >= 0.6 is 0 Å². The first-order chi connectivity index (χ1) is 24.3. The zero-order valence-corrected chi connectivity index (χ0v) is 29.7. The SMILES string of the molecule is COC(=O)N[C@H]1CCC[C@@H]1[C@](CN1CCCCC1)(c1cccc(F)c1)C1CCN(CC2CN(c3ccc(C#N)c(CN4CC(F)C4)c3)C2)CC1. The number of amides is 1. The van der Waals surface area contributed by atoms with Gasteiger partial charge in [-0.25, -0.2) is 13.6 Å². The van der Waals surface area contributed by atoms with Crippen molar-refractivity contribution in [2.45, 2.75) is 75.5 Å². The molecule has 0 bridgehead atoms. The normalized spacial score (nSPS) is 25.8. The number of halogens is 2. The highest BCUT2D eigenvalue weighted by Crippen LogP contribution is 2.51. The third-order valence-corrected chi connectivity index (χ3v) is 12.6. The Balaban J connectivity index is 1.04. The van der Waals surface area contributed by atoms with Crippen LogP contribution in [0.2, 0.25) is 0 Å². The monoisotopic (exact) mass is 688 g/mol. The van der Waals surface area contributed by atoms with Crippen molar-refractivity contribution in [1.82, 2.24) is 20.0 Å². The second-order valence-electron chi connectivity index (χ2n) is 15.8. The molecular formula is C40H54F2N6O2. The molecule has 1 saturated carbocycles. The van der Waals surface area contributed by atoms with E-state index < -0.39 is 6.17 Å². The van der Waals surface area contributed by atoms with E-state index in [1.54, 1.807) is 12.1 Å². The Morgan fingerprint density at radius 1 is 0.940 bits per heavy atom. The summed E-state index contributed by atoms with van der Waals surface area (Å²) in [5.74, 6) is 0.981. The summed E-state index contributed by atoms with van der Waals surface area (Å²) in [5, 5.41) is 12.9. The number of likely N-dealkylation sites (tertiary alicyclic amines) is 3. The van der Waals surface area contributed by atoms with Crippen LogP contribution < -0.4 is 10.2 Å². The number of nitrogens with zero attached hydrogens (tertiary/aromatic N) is 5. The van der Waals surface area contributed by atoms with Gasteiger partial charge in [0, 0.05) is 68.9 Å². The lowest BCUT2D eigenvalue weighted by atomic mass is 9.58. The van der Waals surface area contributed by atoms with Crippen LogP contribution in [0, 0.1) is 34.9 Å². The van der Waals surface area contributed by atoms with Gasteiger partial charge in [-0.15, -0.1) is 0 Å². The molecule has 0 unspecified atom stereocenters. The quantitative estimate of drug-likeness (QED) is 0.313. The summed E-state index contributed by atoms with van der Waals surface area (Å²) >= 11 is 0. The largest absolute Gasteiger partial charge is 0.453 e. The number of nitrogens with one attached hydrogen (secondary N) is 1. The summed E-state index contributed by atoms with van der Waals surface area (Å²) in [6.07, 6.45) is 7.63. The van der Waals surface area contributed by atoms with Crippen molar-refractivity contribution in [2.24, 2.45) is 17.8 Å². The molecule has 1 aliphatic carbocycles. The highest BCUT2D eigenvalue weighted by molar-refractivity contribution is 5.67. The smallest absolute Gasteiger partial charge is 0.407 e. The number of rotatable bonds is 11. The number of alkyl halides is 1. The number of nitriles is 1. The number of piperidine rings is 2. The van der Waals surface area contributed by atoms with Crippen LogP contribution in [-0.4, -0.2) is 106 Å². The zero-order valence-electron chi connectivity index (χ0n) is 29.7. The first-order valence-corrected chi connectivity index (χ1v) is 19.0. The second-order valence-corrected chi connectivity index (χ2v) is 15.8. The van der Waals surface area contributed by atoms with Gasteiger partial charge in [0.25, 0.3) is 0 Å². The van der Waals surface area contributed by atoms with Crippen molar-refractivity contribution in [2.75, 3.05) is 77.5 Å². The van der Waals surface area contributed by atoms with Gasteiger partial charge in [0.15, 0.2) is 0 Å². The summed E-state index contributed by atoms with van der Waals surface area (Å²) in [4.78, 5) is 22.3. The number of anilines is 1. The van der Waals surface area contributed by atoms with E-state index >= 15 is 4.39 Å². The molecule has 0 spiro atoms. The minimum Gasteiger partial charge on any atom is -0.453 e. The van der Waals surface area contributed by atoms with E-state index in [-0.39, 0.29) is 29.3 Å². The maximum atomic E-state index is 15.1. The van der Waals surface area contributed by atoms with E-state index in [1.807, 2.05) is 12.1 Å². The summed E-state index contributed by atoms with van der Waals surface area (Å²) in [6.45, 7) is 9.67. The molecule has 4 aliphatic heterocycles. The number of hydrogen-bond acceptors (Lipinski definition) is 7. The number of carbonyl (C=O) groups is 1. The van der Waals surface area contributed by atoms with Gasteiger partial charge < -0.3 is 24.8 Å². The maximum Gasteiger partial charge on any atom is 0.407 e. The molecule has 2 aromatic carbocycles. The molecule has 7 rings (SSSR count). The fraction of sp³-hybridized carbons (Fsp3) is 0.650. The number of alkyl carbamates (subject to hydrolysis) is 1. The second kappa shape index (κ2) is 15.5. The molecule has 5 fully saturated rings. The lowest BCUT2D eigenvalue weighted by Crippen LogP contribution is -2.59. The Bertz CT molecular complexity index is 1510. The summed E-state index contributed by atoms with van der Waals surface area (Å²) in [6, 6.07) is 15.8. The molecule has 270 valence electrons. The fourth-order valence-corrected chi connectivity index (χ4v) is 10.1. The van der Waals surface area contributed by atoms with Crippen LogP contribution in [0.5, 0.6) is 0 Å². The third kappa shape index (κ3) is 7.51. The third-order valence-electron chi connectivity index (χ3n) is 12.6. The maximum absolute atomic E-state index is 15.1. The van der Waals surface area contributed by atoms with E-state index in [0.717, 1.165) is 101 Å². The van der Waals surface area contributed by atoms with Gasteiger partial charge in [0.2, 0.25) is 0 Å². The Kier molecular flexibility index (Phi) is 10.9. The van der Waals surface area contributed by atoms with Crippen LogP contribution in [-0.2, 0) is 16.7 Å². The lowest BCUT2D eigenvalue weighted by Gasteiger charge is -2.53. The van der Waals surface area contributed by atoms with Crippen LogP contribution in [0.1, 0.15) is 68.1 Å². The molecule has 3 atom stereocenters. The molecule has 50 heavy (non-hydrogen) atoms. The van der Waals surface area contributed by atoms with E-state index in [0.29, 0.717) is 37.0 Å². The highest BCUT2D eigenvalue weighted by atomic mass is 19.1. The molecule has 0 aromatic heterocycles. The van der Waals surface area contributed by atoms with Crippen molar-refractivity contribution in [1.29, 1.82) is 5.26 Å². The van der Waals surface area contributed by atoms with Gasteiger partial charge >= 0.3 is 6.09 Å². The van der Waals surface area contributed by atoms with Crippen LogP contribution in [0.15, 0.2) is 42.5 Å². The van der Waals surface area contributed by atoms with E-state index in [2.05, 4.69) is 49.2 Å². The molecule has 1 N–H and O–H groups in total. The Morgan fingerprint density at radius 3 is 2.42 bits per heavy atom. The highest BCUT2D eigenvalue weighted by Gasteiger charge is 2.53. The summed E-state index contributed by atoms with van der Waals surface area (Å²) in [7, 11) is 1.43. The number of carbonyl (C=O) groups excluding carboxylic acids is 1. The fourth-order valence-electron chi connectivity index (χ4n) is 10.1. The molecule has 2 aromatic rings. The van der Waals surface area contributed by atoms with Gasteiger partial charge in [0.05, 0.1) is 18.7 Å². The summed E-state index contributed by atoms with van der Waals surface area (Å²) in [5.41, 5.74) is 3.64. The standard InChI is InChI=1S/C40H54F2N6O2/c1-50-39(49)44-38-10-6-9-37(38)40(28-46-15-3-2-4-16-46,33-7-5-8-34(41)20-33)32-13-17-45(18-14-32)22-29-23-48(24-29)36-12-11-30(21-43)31(19-36)25-47-26-35(42)27-47/h5,7-8,11-12,19-20,29,32,35,37-38H,2-4,6,9-10,13-18,22-28H2,1H3,(H,44,49)/t37-,38-,40-/m0/s1. The van der Waals surface area contributed by atoms with Crippen LogP contribution in [0.3, 0.4) is 0 Å². The number of benzene rings is 2. The van der Waals surface area contributed by atoms with Gasteiger partial charge in [-0.1, -0.05) is 25.0 Å². The molecule has 10 heteroatoms. The van der Waals surface area contributed by atoms with Crippen molar-refractivity contribution in [3.8, 4) is 6.07 Å². The van der Waals surface area contributed by atoms with Gasteiger partial charge in [-0.2, -0.15) is 5.26 Å². The number of hydrogen-bond donors (Lipinski definition) is 1. The Hall–Kier alpha value is -3.26.